The molecule has 1 rings (SSSR count). The van der Waals surface area contributed by atoms with Crippen LogP contribution in [0.3, 0.4) is 0 Å². The second-order valence-electron chi connectivity index (χ2n) is 2.82. The van der Waals surface area contributed by atoms with Crippen molar-refractivity contribution in [3.05, 3.63) is 35.4 Å². The van der Waals surface area contributed by atoms with Gasteiger partial charge in [0.1, 0.15) is 11.6 Å². The van der Waals surface area contributed by atoms with Crippen LogP contribution in [0.5, 0.6) is 0 Å². The van der Waals surface area contributed by atoms with Crippen molar-refractivity contribution in [2.75, 3.05) is 6.54 Å². The Bertz CT molecular complexity index is 269. The number of hydrogen-bond acceptors (Lipinski definition) is 2. The van der Waals surface area contributed by atoms with Crippen molar-refractivity contribution in [2.24, 2.45) is 11.5 Å². The number of benzene rings is 1. The average Bonchev–Trinajstić information content (AvgIpc) is 2.04. The van der Waals surface area contributed by atoms with Gasteiger partial charge in [0.2, 0.25) is 0 Å². The van der Waals surface area contributed by atoms with E-state index in [1.165, 1.54) is 18.2 Å². The maximum absolute atomic E-state index is 13.1. The zero-order valence-corrected chi connectivity index (χ0v) is 7.13. The Balaban J connectivity index is 2.98. The highest BCUT2D eigenvalue weighted by Gasteiger charge is 2.14. The molecule has 1 atom stereocenters. The van der Waals surface area contributed by atoms with Crippen LogP contribution in [0.15, 0.2) is 18.2 Å². The molecule has 4 heteroatoms. The first-order valence-corrected chi connectivity index (χ1v) is 4.06. The van der Waals surface area contributed by atoms with Crippen molar-refractivity contribution in [2.45, 2.75) is 12.5 Å². The molecule has 1 aromatic rings. The molecule has 4 N–H and O–H groups in total. The summed E-state index contributed by atoms with van der Waals surface area (Å²) in [4.78, 5) is 0. The molecule has 1 aromatic carbocycles. The van der Waals surface area contributed by atoms with Crippen LogP contribution in [0.1, 0.15) is 18.0 Å². The molecule has 0 radical (unpaired) electrons. The molecule has 0 unspecified atom stereocenters. The van der Waals surface area contributed by atoms with Gasteiger partial charge in [-0.3, -0.25) is 0 Å². The van der Waals surface area contributed by atoms with Crippen LogP contribution in [0.4, 0.5) is 8.78 Å². The van der Waals surface area contributed by atoms with Crippen LogP contribution in [0.25, 0.3) is 0 Å². The molecule has 13 heavy (non-hydrogen) atoms. The minimum atomic E-state index is -0.661. The normalized spacial score (nSPS) is 12.9. The first-order valence-electron chi connectivity index (χ1n) is 4.06. The van der Waals surface area contributed by atoms with E-state index in [1.54, 1.807) is 0 Å². The van der Waals surface area contributed by atoms with Crippen LogP contribution in [-0.2, 0) is 0 Å². The van der Waals surface area contributed by atoms with Crippen LogP contribution in [0.2, 0.25) is 0 Å². The molecular weight excluding hydrogens is 174 g/mol. The van der Waals surface area contributed by atoms with E-state index in [0.29, 0.717) is 13.0 Å². The Morgan fingerprint density at radius 3 is 2.23 bits per heavy atom. The summed E-state index contributed by atoms with van der Waals surface area (Å²) in [5, 5.41) is 0. The maximum atomic E-state index is 13.1. The Labute approximate surface area is 75.5 Å². The lowest BCUT2D eigenvalue weighted by Gasteiger charge is -2.12. The summed E-state index contributed by atoms with van der Waals surface area (Å²) < 4.78 is 26.1. The SMILES string of the molecule is NCC[C@H](N)c1c(F)cccc1F. The van der Waals surface area contributed by atoms with Gasteiger partial charge in [-0.2, -0.15) is 0 Å². The van der Waals surface area contributed by atoms with E-state index >= 15 is 0 Å². The fourth-order valence-electron chi connectivity index (χ4n) is 1.19. The molecular formula is C9H12F2N2. The summed E-state index contributed by atoms with van der Waals surface area (Å²) in [6, 6.07) is 3.03. The molecule has 0 amide bonds. The third-order valence-corrected chi connectivity index (χ3v) is 1.85. The van der Waals surface area contributed by atoms with E-state index in [9.17, 15) is 8.78 Å². The fourth-order valence-corrected chi connectivity index (χ4v) is 1.19. The zero-order valence-electron chi connectivity index (χ0n) is 7.13. The Morgan fingerprint density at radius 2 is 1.77 bits per heavy atom. The lowest BCUT2D eigenvalue weighted by Crippen LogP contribution is -2.18. The zero-order chi connectivity index (χ0) is 9.84. The second kappa shape index (κ2) is 4.30. The van der Waals surface area contributed by atoms with Gasteiger partial charge < -0.3 is 11.5 Å². The van der Waals surface area contributed by atoms with Crippen molar-refractivity contribution in [1.82, 2.24) is 0 Å². The van der Waals surface area contributed by atoms with Crippen LogP contribution in [-0.4, -0.2) is 6.54 Å². The van der Waals surface area contributed by atoms with Crippen molar-refractivity contribution >= 4 is 0 Å². The Kier molecular flexibility index (Phi) is 3.33. The Hall–Kier alpha value is -1.00. The van der Waals surface area contributed by atoms with Gasteiger partial charge in [-0.15, -0.1) is 0 Å². The van der Waals surface area contributed by atoms with Crippen LogP contribution < -0.4 is 11.5 Å². The van der Waals surface area contributed by atoms with Gasteiger partial charge in [-0.1, -0.05) is 6.07 Å². The Morgan fingerprint density at radius 1 is 1.23 bits per heavy atom. The largest absolute Gasteiger partial charge is 0.330 e. The topological polar surface area (TPSA) is 52.0 Å². The summed E-state index contributed by atoms with van der Waals surface area (Å²) in [6.45, 7) is 0.314. The van der Waals surface area contributed by atoms with E-state index in [4.69, 9.17) is 11.5 Å². The van der Waals surface area contributed by atoms with Crippen LogP contribution >= 0.6 is 0 Å². The van der Waals surface area contributed by atoms with E-state index in [1.807, 2.05) is 0 Å². The van der Waals surface area contributed by atoms with Gasteiger partial charge in [0.25, 0.3) is 0 Å². The smallest absolute Gasteiger partial charge is 0.130 e. The predicted molar refractivity (Wildman–Crippen MR) is 47.0 cm³/mol. The quantitative estimate of drug-likeness (QED) is 0.747. The van der Waals surface area contributed by atoms with Crippen molar-refractivity contribution < 1.29 is 8.78 Å². The van der Waals surface area contributed by atoms with Crippen LogP contribution in [0, 0.1) is 11.6 Å². The lowest BCUT2D eigenvalue weighted by molar-refractivity contribution is 0.515. The molecule has 0 aromatic heterocycles. The monoisotopic (exact) mass is 186 g/mol. The summed E-state index contributed by atoms with van der Waals surface area (Å²) in [6.07, 6.45) is 0.373. The van der Waals surface area contributed by atoms with E-state index in [-0.39, 0.29) is 5.56 Å². The van der Waals surface area contributed by atoms with Crippen molar-refractivity contribution in [3.8, 4) is 0 Å². The molecule has 0 heterocycles. The number of hydrogen-bond donors (Lipinski definition) is 2. The summed E-state index contributed by atoms with van der Waals surface area (Å²) >= 11 is 0. The summed E-state index contributed by atoms with van der Waals surface area (Å²) in [5.74, 6) is -1.22. The lowest BCUT2D eigenvalue weighted by atomic mass is 10.0. The highest BCUT2D eigenvalue weighted by molar-refractivity contribution is 5.22. The van der Waals surface area contributed by atoms with Gasteiger partial charge >= 0.3 is 0 Å². The summed E-state index contributed by atoms with van der Waals surface area (Å²) in [5.41, 5.74) is 10.7. The third-order valence-electron chi connectivity index (χ3n) is 1.85. The third kappa shape index (κ3) is 2.23. The molecule has 72 valence electrons. The molecule has 0 spiro atoms. The number of rotatable bonds is 3. The van der Waals surface area contributed by atoms with E-state index in [0.717, 1.165) is 0 Å². The molecule has 0 fully saturated rings. The van der Waals surface area contributed by atoms with Gasteiger partial charge in [0.15, 0.2) is 0 Å². The molecule has 0 saturated heterocycles. The minimum absolute atomic E-state index is 0.0760. The second-order valence-corrected chi connectivity index (χ2v) is 2.82. The standard InChI is InChI=1S/C9H12F2N2/c10-6-2-1-3-7(11)9(6)8(13)4-5-12/h1-3,8H,4-5,12-13H2/t8-/m0/s1. The first kappa shape index (κ1) is 10.1. The molecule has 0 saturated carbocycles. The highest BCUT2D eigenvalue weighted by atomic mass is 19.1. The molecule has 0 aliphatic carbocycles. The predicted octanol–water partition coefficient (Wildman–Crippen LogP) is 1.31. The van der Waals surface area contributed by atoms with Gasteiger partial charge in [-0.25, -0.2) is 8.78 Å². The van der Waals surface area contributed by atoms with E-state index in [2.05, 4.69) is 0 Å². The molecule has 0 aliphatic rings. The first-order chi connectivity index (χ1) is 6.16. The van der Waals surface area contributed by atoms with Crippen molar-refractivity contribution in [3.63, 3.8) is 0 Å². The van der Waals surface area contributed by atoms with Gasteiger partial charge in [0, 0.05) is 11.6 Å². The molecule has 2 nitrogen and oxygen atoms in total. The number of halogens is 2. The number of nitrogens with two attached hydrogens (primary N) is 2. The molecule has 0 aliphatic heterocycles. The minimum Gasteiger partial charge on any atom is -0.330 e. The average molecular weight is 186 g/mol. The van der Waals surface area contributed by atoms with Gasteiger partial charge in [-0.05, 0) is 25.1 Å². The maximum Gasteiger partial charge on any atom is 0.130 e. The van der Waals surface area contributed by atoms with Crippen molar-refractivity contribution in [1.29, 1.82) is 0 Å². The van der Waals surface area contributed by atoms with Gasteiger partial charge in [0.05, 0.1) is 0 Å². The van der Waals surface area contributed by atoms with E-state index < -0.39 is 17.7 Å². The summed E-state index contributed by atoms with van der Waals surface area (Å²) in [7, 11) is 0. The fraction of sp³-hybridized carbons (Fsp3) is 0.333. The molecule has 0 bridgehead atoms. The highest BCUT2D eigenvalue weighted by Crippen LogP contribution is 2.20.